The largest absolute Gasteiger partial charge is 0.479 e. The minimum absolute atomic E-state index is 0.359. The van der Waals surface area contributed by atoms with Crippen LogP contribution in [0, 0.1) is 0 Å². The van der Waals surface area contributed by atoms with Gasteiger partial charge in [0, 0.05) is 5.75 Å². The lowest BCUT2D eigenvalue weighted by Crippen LogP contribution is -2.53. The third-order valence-corrected chi connectivity index (χ3v) is 3.48. The molecule has 1 rings (SSSR count). The van der Waals surface area contributed by atoms with Crippen LogP contribution >= 0.6 is 11.8 Å². The summed E-state index contributed by atoms with van der Waals surface area (Å²) < 4.78 is 5.18. The maximum absolute atomic E-state index is 11.8. The molecule has 16 heavy (non-hydrogen) atoms. The highest BCUT2D eigenvalue weighted by Gasteiger charge is 2.48. The molecular formula is C10H17NO4S. The zero-order valence-corrected chi connectivity index (χ0v) is 10.8. The Bertz CT molecular complexity index is 312. The van der Waals surface area contributed by atoms with Crippen molar-refractivity contribution in [1.82, 2.24) is 4.90 Å². The van der Waals surface area contributed by atoms with Crippen LogP contribution < -0.4 is 0 Å². The lowest BCUT2D eigenvalue weighted by molar-refractivity contribution is -0.147. The van der Waals surface area contributed by atoms with Crippen LogP contribution in [0.5, 0.6) is 0 Å². The first-order valence-corrected chi connectivity index (χ1v) is 6.14. The maximum atomic E-state index is 11.8. The van der Waals surface area contributed by atoms with Gasteiger partial charge in [0.1, 0.15) is 5.60 Å². The Morgan fingerprint density at radius 3 is 2.44 bits per heavy atom. The van der Waals surface area contributed by atoms with E-state index in [1.807, 2.05) is 0 Å². The molecule has 0 aromatic carbocycles. The van der Waals surface area contributed by atoms with Crippen molar-refractivity contribution in [2.75, 3.05) is 11.6 Å². The van der Waals surface area contributed by atoms with E-state index in [0.29, 0.717) is 11.6 Å². The minimum atomic E-state index is -1.16. The molecule has 5 nitrogen and oxygen atoms in total. The van der Waals surface area contributed by atoms with E-state index in [9.17, 15) is 9.59 Å². The first-order valence-electron chi connectivity index (χ1n) is 4.98. The van der Waals surface area contributed by atoms with Crippen molar-refractivity contribution in [3.8, 4) is 0 Å². The Kier molecular flexibility index (Phi) is 3.42. The number of hydrogen-bond donors (Lipinski definition) is 1. The van der Waals surface area contributed by atoms with Crippen molar-refractivity contribution in [2.45, 2.75) is 38.8 Å². The van der Waals surface area contributed by atoms with Gasteiger partial charge in [0.05, 0.1) is 5.88 Å². The van der Waals surface area contributed by atoms with Gasteiger partial charge < -0.3 is 9.84 Å². The molecule has 0 aromatic heterocycles. The predicted molar refractivity (Wildman–Crippen MR) is 61.4 cm³/mol. The van der Waals surface area contributed by atoms with Gasteiger partial charge in [-0.3, -0.25) is 4.90 Å². The minimum Gasteiger partial charge on any atom is -0.479 e. The number of carbonyl (C=O) groups excluding carboxylic acids is 1. The summed E-state index contributed by atoms with van der Waals surface area (Å²) in [6, 6.07) is 0. The van der Waals surface area contributed by atoms with Gasteiger partial charge in [-0.25, -0.2) is 9.59 Å². The van der Waals surface area contributed by atoms with Crippen LogP contribution in [-0.4, -0.2) is 44.8 Å². The van der Waals surface area contributed by atoms with Gasteiger partial charge in [-0.1, -0.05) is 0 Å². The fourth-order valence-electron chi connectivity index (χ4n) is 1.30. The summed E-state index contributed by atoms with van der Waals surface area (Å²) in [5.74, 6) is -0.248. The standard InChI is InChI=1S/C10H17NO4S/c1-9(2,3)15-8(14)11-6-16-5-10(11,4)7(12)13/h5-6H2,1-4H3,(H,12,13)/t10-/m1/s1. The van der Waals surface area contributed by atoms with Gasteiger partial charge in [-0.2, -0.15) is 0 Å². The van der Waals surface area contributed by atoms with Crippen molar-refractivity contribution in [3.05, 3.63) is 0 Å². The summed E-state index contributed by atoms with van der Waals surface area (Å²) in [5.41, 5.74) is -1.77. The Morgan fingerprint density at radius 2 is 2.00 bits per heavy atom. The van der Waals surface area contributed by atoms with Crippen LogP contribution in [0.15, 0.2) is 0 Å². The molecule has 1 aliphatic heterocycles. The van der Waals surface area contributed by atoms with Crippen LogP contribution in [0.25, 0.3) is 0 Å². The SMILES string of the molecule is CC(C)(C)OC(=O)N1CSC[C@]1(C)C(=O)O. The van der Waals surface area contributed by atoms with E-state index >= 15 is 0 Å². The van der Waals surface area contributed by atoms with Crippen molar-refractivity contribution >= 4 is 23.8 Å². The van der Waals surface area contributed by atoms with E-state index in [-0.39, 0.29) is 0 Å². The van der Waals surface area contributed by atoms with Crippen LogP contribution in [0.4, 0.5) is 4.79 Å². The molecule has 0 spiro atoms. The fourth-order valence-corrected chi connectivity index (χ4v) is 2.65. The van der Waals surface area contributed by atoms with E-state index < -0.39 is 23.2 Å². The molecule has 92 valence electrons. The molecule has 6 heteroatoms. The molecule has 0 aliphatic carbocycles. The van der Waals surface area contributed by atoms with Gasteiger partial charge >= 0.3 is 12.1 Å². The fraction of sp³-hybridized carbons (Fsp3) is 0.800. The van der Waals surface area contributed by atoms with Crippen LogP contribution in [0.2, 0.25) is 0 Å². The molecule has 0 aromatic rings. The highest BCUT2D eigenvalue weighted by molar-refractivity contribution is 7.99. The van der Waals surface area contributed by atoms with E-state index in [0.717, 1.165) is 0 Å². The third-order valence-electron chi connectivity index (χ3n) is 2.27. The molecule has 1 heterocycles. The number of rotatable bonds is 1. The zero-order chi connectivity index (χ0) is 12.6. The number of amides is 1. The topological polar surface area (TPSA) is 66.8 Å². The Hall–Kier alpha value is -0.910. The summed E-state index contributed by atoms with van der Waals surface area (Å²) in [6.45, 7) is 6.81. The van der Waals surface area contributed by atoms with Crippen LogP contribution in [0.3, 0.4) is 0 Å². The molecular weight excluding hydrogens is 230 g/mol. The highest BCUT2D eigenvalue weighted by atomic mass is 32.2. The van der Waals surface area contributed by atoms with Crippen LogP contribution in [-0.2, 0) is 9.53 Å². The predicted octanol–water partition coefficient (Wildman–Crippen LogP) is 1.77. The van der Waals surface area contributed by atoms with Crippen LogP contribution in [0.1, 0.15) is 27.7 Å². The number of ether oxygens (including phenoxy) is 1. The van der Waals surface area contributed by atoms with Crippen molar-refractivity contribution < 1.29 is 19.4 Å². The molecule has 0 saturated carbocycles. The summed E-state index contributed by atoms with van der Waals surface area (Å²) >= 11 is 1.42. The number of aliphatic carboxylic acids is 1. The van der Waals surface area contributed by atoms with Gasteiger partial charge in [0.15, 0.2) is 5.54 Å². The third kappa shape index (κ3) is 2.61. The molecule has 0 radical (unpaired) electrons. The van der Waals surface area contributed by atoms with Gasteiger partial charge in [0.2, 0.25) is 0 Å². The number of hydrogen-bond acceptors (Lipinski definition) is 4. The van der Waals surface area contributed by atoms with E-state index in [4.69, 9.17) is 9.84 Å². The van der Waals surface area contributed by atoms with E-state index in [2.05, 4.69) is 0 Å². The summed E-state index contributed by atoms with van der Waals surface area (Å²) in [7, 11) is 0. The maximum Gasteiger partial charge on any atom is 0.411 e. The normalized spacial score (nSPS) is 25.6. The highest BCUT2D eigenvalue weighted by Crippen LogP contribution is 2.32. The monoisotopic (exact) mass is 247 g/mol. The number of nitrogens with zero attached hydrogens (tertiary/aromatic N) is 1. The quantitative estimate of drug-likeness (QED) is 0.765. The summed E-state index contributed by atoms with van der Waals surface area (Å²) in [6.07, 6.45) is -0.567. The van der Waals surface area contributed by atoms with Crippen molar-refractivity contribution in [1.29, 1.82) is 0 Å². The Balaban J connectivity index is 2.80. The molecule has 1 atom stereocenters. The number of carboxylic acid groups (broad SMARTS) is 1. The average molecular weight is 247 g/mol. The number of thioether (sulfide) groups is 1. The lowest BCUT2D eigenvalue weighted by atomic mass is 10.0. The first-order chi connectivity index (χ1) is 7.17. The molecule has 1 N–H and O–H groups in total. The molecule has 1 amide bonds. The average Bonchev–Trinajstić information content (AvgIpc) is 2.45. The number of carboxylic acids is 1. The Morgan fingerprint density at radius 1 is 1.44 bits per heavy atom. The van der Waals surface area contributed by atoms with Gasteiger partial charge in [-0.15, -0.1) is 11.8 Å². The first kappa shape index (κ1) is 13.2. The molecule has 1 fully saturated rings. The molecule has 0 bridgehead atoms. The molecule has 1 aliphatic rings. The second-order valence-corrected chi connectivity index (χ2v) is 5.92. The zero-order valence-electron chi connectivity index (χ0n) is 9.94. The van der Waals surface area contributed by atoms with E-state index in [1.165, 1.54) is 16.7 Å². The lowest BCUT2D eigenvalue weighted by Gasteiger charge is -2.32. The summed E-state index contributed by atoms with van der Waals surface area (Å²) in [4.78, 5) is 24.2. The Labute approximate surface area is 99.1 Å². The number of carbonyl (C=O) groups is 2. The smallest absolute Gasteiger partial charge is 0.411 e. The second-order valence-electron chi connectivity index (χ2n) is 4.96. The van der Waals surface area contributed by atoms with Crippen molar-refractivity contribution in [2.24, 2.45) is 0 Å². The van der Waals surface area contributed by atoms with Gasteiger partial charge in [-0.05, 0) is 27.7 Å². The summed E-state index contributed by atoms with van der Waals surface area (Å²) in [5, 5.41) is 9.13. The molecule has 0 unspecified atom stereocenters. The van der Waals surface area contributed by atoms with Crippen molar-refractivity contribution in [3.63, 3.8) is 0 Å². The second kappa shape index (κ2) is 4.16. The van der Waals surface area contributed by atoms with Gasteiger partial charge in [0.25, 0.3) is 0 Å². The van der Waals surface area contributed by atoms with E-state index in [1.54, 1.807) is 27.7 Å². The molecule has 1 saturated heterocycles.